The highest BCUT2D eigenvalue weighted by Crippen LogP contribution is 2.06. The number of aliphatic hydroxyl groups excluding tert-OH is 2. The molecule has 0 radical (unpaired) electrons. The smallest absolute Gasteiger partial charge is 0.237 e. The van der Waals surface area contributed by atoms with Gasteiger partial charge in [-0.05, 0) is 0 Å². The summed E-state index contributed by atoms with van der Waals surface area (Å²) in [4.78, 5) is 10.4. The Balaban J connectivity index is 2.57. The molecule has 0 aromatic heterocycles. The van der Waals surface area contributed by atoms with Gasteiger partial charge in [-0.15, -0.1) is 0 Å². The van der Waals surface area contributed by atoms with E-state index in [9.17, 15) is 4.79 Å². The molecule has 0 aromatic rings. The lowest BCUT2D eigenvalue weighted by Gasteiger charge is -2.10. The molecule has 0 aliphatic carbocycles. The molecule has 5 nitrogen and oxygen atoms in total. The quantitative estimate of drug-likeness (QED) is 0.320. The van der Waals surface area contributed by atoms with E-state index in [4.69, 9.17) is 15.9 Å². The van der Waals surface area contributed by atoms with Gasteiger partial charge in [-0.25, -0.2) is 0 Å². The van der Waals surface area contributed by atoms with Crippen LogP contribution in [0, 0.1) is 0 Å². The predicted molar refractivity (Wildman–Crippen MR) is 33.0 cm³/mol. The van der Waals surface area contributed by atoms with Crippen molar-refractivity contribution in [3.63, 3.8) is 0 Å². The number of nitrogens with two attached hydrogens (primary N) is 1. The number of rotatable bonds is 1. The van der Waals surface area contributed by atoms with Crippen LogP contribution in [0.5, 0.6) is 0 Å². The van der Waals surface area contributed by atoms with E-state index in [0.29, 0.717) is 0 Å². The fourth-order valence-corrected chi connectivity index (χ4v) is 0.980. The van der Waals surface area contributed by atoms with Gasteiger partial charge in [0.05, 0.1) is 6.10 Å². The third-order valence-electron chi connectivity index (χ3n) is 1.59. The molecule has 0 saturated carbocycles. The summed E-state index contributed by atoms with van der Waals surface area (Å²) >= 11 is 0. The summed E-state index contributed by atoms with van der Waals surface area (Å²) in [5.41, 5.74) is 4.88. The first-order chi connectivity index (χ1) is 4.63. The molecule has 10 heavy (non-hydrogen) atoms. The number of amides is 1. The van der Waals surface area contributed by atoms with Crippen LogP contribution in [0.1, 0.15) is 0 Å². The van der Waals surface area contributed by atoms with E-state index >= 15 is 0 Å². The zero-order valence-corrected chi connectivity index (χ0v) is 5.32. The van der Waals surface area contributed by atoms with E-state index in [0.717, 1.165) is 0 Å². The Morgan fingerprint density at radius 1 is 1.60 bits per heavy atom. The van der Waals surface area contributed by atoms with Crippen molar-refractivity contribution in [1.82, 2.24) is 5.32 Å². The molecule has 1 unspecified atom stereocenters. The molecule has 1 fully saturated rings. The van der Waals surface area contributed by atoms with Crippen molar-refractivity contribution >= 4 is 5.91 Å². The minimum absolute atomic E-state index is 0.217. The Kier molecular flexibility index (Phi) is 1.89. The highest BCUT2D eigenvalue weighted by Gasteiger charge is 2.36. The average molecular weight is 146 g/mol. The van der Waals surface area contributed by atoms with Gasteiger partial charge < -0.3 is 21.3 Å². The Bertz CT molecular complexity index is 150. The number of β-amino-alcohol motifs (C(OH)–C–C–N with tert-alkyl or cyclic N) is 1. The monoisotopic (exact) mass is 146 g/mol. The van der Waals surface area contributed by atoms with Crippen LogP contribution >= 0.6 is 0 Å². The second-order valence-electron chi connectivity index (χ2n) is 2.35. The number of nitrogens with one attached hydrogen (secondary N) is 1. The summed E-state index contributed by atoms with van der Waals surface area (Å²) in [6, 6.07) is -0.796. The van der Waals surface area contributed by atoms with Crippen LogP contribution in [0.3, 0.4) is 0 Å². The largest absolute Gasteiger partial charge is 0.389 e. The van der Waals surface area contributed by atoms with Gasteiger partial charge in [-0.2, -0.15) is 0 Å². The number of carbonyl (C=O) groups is 1. The molecule has 1 rings (SSSR count). The molecule has 1 aliphatic heterocycles. The molecule has 0 bridgehead atoms. The lowest BCUT2D eigenvalue weighted by Crippen LogP contribution is -2.44. The van der Waals surface area contributed by atoms with E-state index in [2.05, 4.69) is 5.32 Å². The van der Waals surface area contributed by atoms with Crippen LogP contribution in [-0.4, -0.2) is 40.9 Å². The van der Waals surface area contributed by atoms with E-state index in [-0.39, 0.29) is 6.54 Å². The van der Waals surface area contributed by atoms with Gasteiger partial charge in [-0.1, -0.05) is 0 Å². The lowest BCUT2D eigenvalue weighted by molar-refractivity contribution is -0.122. The van der Waals surface area contributed by atoms with E-state index in [1.54, 1.807) is 0 Å². The summed E-state index contributed by atoms with van der Waals surface area (Å²) in [7, 11) is 0. The molecule has 5 N–H and O–H groups in total. The maximum absolute atomic E-state index is 10.4. The van der Waals surface area contributed by atoms with Crippen LogP contribution in [-0.2, 0) is 4.79 Å². The Hall–Kier alpha value is -0.650. The van der Waals surface area contributed by atoms with E-state index in [1.165, 1.54) is 0 Å². The number of hydrogen-bond donors (Lipinski definition) is 4. The zero-order chi connectivity index (χ0) is 7.72. The SMILES string of the molecule is NC(=O)C1NC[C@H](O)[C@H]1O. The van der Waals surface area contributed by atoms with Crippen LogP contribution in [0.4, 0.5) is 0 Å². The highest BCUT2D eigenvalue weighted by atomic mass is 16.3. The zero-order valence-electron chi connectivity index (χ0n) is 5.32. The van der Waals surface area contributed by atoms with Crippen LogP contribution < -0.4 is 11.1 Å². The van der Waals surface area contributed by atoms with Gasteiger partial charge in [0.1, 0.15) is 12.1 Å². The first-order valence-electron chi connectivity index (χ1n) is 3.02. The van der Waals surface area contributed by atoms with Crippen molar-refractivity contribution in [1.29, 1.82) is 0 Å². The molecule has 3 atom stereocenters. The van der Waals surface area contributed by atoms with E-state index in [1.807, 2.05) is 0 Å². The van der Waals surface area contributed by atoms with Crippen molar-refractivity contribution in [3.05, 3.63) is 0 Å². The molecule has 5 heteroatoms. The molecular formula is C5H10N2O3. The second-order valence-corrected chi connectivity index (χ2v) is 2.35. The molecule has 1 aliphatic rings. The molecule has 0 aromatic carbocycles. The summed E-state index contributed by atoms with van der Waals surface area (Å²) in [5, 5.41) is 20.5. The second kappa shape index (κ2) is 2.53. The van der Waals surface area contributed by atoms with Crippen molar-refractivity contribution < 1.29 is 15.0 Å². The topological polar surface area (TPSA) is 95.6 Å². The fraction of sp³-hybridized carbons (Fsp3) is 0.800. The maximum Gasteiger partial charge on any atom is 0.237 e. The summed E-state index contributed by atoms with van der Waals surface area (Å²) in [6.45, 7) is 0.217. The summed E-state index contributed by atoms with van der Waals surface area (Å²) < 4.78 is 0. The number of carbonyl (C=O) groups excluding carboxylic acids is 1. The Labute approximate surface area is 57.8 Å². The van der Waals surface area contributed by atoms with Crippen LogP contribution in [0.2, 0.25) is 0 Å². The summed E-state index contributed by atoms with van der Waals surface area (Å²) in [6.07, 6.45) is -1.94. The van der Waals surface area contributed by atoms with Gasteiger partial charge in [-0.3, -0.25) is 4.79 Å². The van der Waals surface area contributed by atoms with Crippen molar-refractivity contribution in [2.24, 2.45) is 5.73 Å². The number of primary amides is 1. The lowest BCUT2D eigenvalue weighted by atomic mass is 10.1. The number of hydrogen-bond acceptors (Lipinski definition) is 4. The van der Waals surface area contributed by atoms with Gasteiger partial charge >= 0.3 is 0 Å². The van der Waals surface area contributed by atoms with Crippen LogP contribution in [0.25, 0.3) is 0 Å². The van der Waals surface area contributed by atoms with Gasteiger partial charge in [0.25, 0.3) is 0 Å². The Morgan fingerprint density at radius 3 is 2.40 bits per heavy atom. The normalized spacial score (nSPS) is 40.0. The van der Waals surface area contributed by atoms with Crippen LogP contribution in [0.15, 0.2) is 0 Å². The molecular weight excluding hydrogens is 136 g/mol. The first-order valence-corrected chi connectivity index (χ1v) is 3.02. The number of aliphatic hydroxyl groups is 2. The minimum Gasteiger partial charge on any atom is -0.389 e. The minimum atomic E-state index is -1.06. The van der Waals surface area contributed by atoms with Crippen molar-refractivity contribution in [2.45, 2.75) is 18.2 Å². The Morgan fingerprint density at radius 2 is 2.20 bits per heavy atom. The highest BCUT2D eigenvalue weighted by molar-refractivity contribution is 5.81. The van der Waals surface area contributed by atoms with Gasteiger partial charge in [0.2, 0.25) is 5.91 Å². The summed E-state index contributed by atoms with van der Waals surface area (Å²) in [5.74, 6) is -0.635. The van der Waals surface area contributed by atoms with E-state index < -0.39 is 24.2 Å². The van der Waals surface area contributed by atoms with Crippen molar-refractivity contribution in [3.8, 4) is 0 Å². The average Bonchev–Trinajstić information content (AvgIpc) is 2.14. The van der Waals surface area contributed by atoms with Crippen molar-refractivity contribution in [2.75, 3.05) is 6.54 Å². The van der Waals surface area contributed by atoms with Gasteiger partial charge in [0.15, 0.2) is 0 Å². The maximum atomic E-state index is 10.4. The molecule has 58 valence electrons. The molecule has 0 spiro atoms. The fourth-order valence-electron chi connectivity index (χ4n) is 0.980. The third-order valence-corrected chi connectivity index (χ3v) is 1.59. The van der Waals surface area contributed by atoms with Gasteiger partial charge in [0, 0.05) is 6.54 Å². The third kappa shape index (κ3) is 1.11. The first kappa shape index (κ1) is 7.46. The molecule has 1 saturated heterocycles. The molecule has 1 amide bonds. The molecule has 1 heterocycles. The predicted octanol–water partition coefficient (Wildman–Crippen LogP) is -2.83. The standard InChI is InChI=1S/C5H10N2O3/c6-5(10)3-4(9)2(8)1-7-3/h2-4,7-9H,1H2,(H2,6,10)/t2-,3?,4+/m0/s1.